The summed E-state index contributed by atoms with van der Waals surface area (Å²) in [5.74, 6) is -2.98. The van der Waals surface area contributed by atoms with Crippen molar-refractivity contribution in [1.29, 1.82) is 0 Å². The monoisotopic (exact) mass is 408 g/mol. The van der Waals surface area contributed by atoms with Crippen LogP contribution >= 0.6 is 23.2 Å². The van der Waals surface area contributed by atoms with E-state index < -0.39 is 33.6 Å². The van der Waals surface area contributed by atoms with Crippen molar-refractivity contribution in [2.75, 3.05) is 5.32 Å². The van der Waals surface area contributed by atoms with Gasteiger partial charge in [-0.2, -0.15) is 4.72 Å². The first kappa shape index (κ1) is 19.6. The van der Waals surface area contributed by atoms with Crippen LogP contribution in [0.5, 0.6) is 0 Å². The fourth-order valence-electron chi connectivity index (χ4n) is 1.86. The predicted octanol–water partition coefficient (Wildman–Crippen LogP) is 3.58. The summed E-state index contributed by atoms with van der Waals surface area (Å²) in [5.41, 5.74) is -0.0178. The first-order valence-electron chi connectivity index (χ1n) is 6.83. The second kappa shape index (κ2) is 7.65. The maximum atomic E-state index is 13.1. The van der Waals surface area contributed by atoms with Crippen molar-refractivity contribution in [2.24, 2.45) is 0 Å². The molecule has 1 atom stereocenters. The average Bonchev–Trinajstić information content (AvgIpc) is 2.52. The third kappa shape index (κ3) is 4.88. The summed E-state index contributed by atoms with van der Waals surface area (Å²) in [5, 5.41) is 2.37. The molecule has 0 aromatic heterocycles. The van der Waals surface area contributed by atoms with Gasteiger partial charge in [-0.05, 0) is 37.3 Å². The molecule has 0 saturated carbocycles. The maximum Gasteiger partial charge on any atom is 0.242 e. The van der Waals surface area contributed by atoms with E-state index >= 15 is 0 Å². The summed E-state index contributed by atoms with van der Waals surface area (Å²) in [6, 6.07) is 5.42. The zero-order chi connectivity index (χ0) is 18.8. The zero-order valence-corrected chi connectivity index (χ0v) is 15.0. The topological polar surface area (TPSA) is 75.3 Å². The third-order valence-electron chi connectivity index (χ3n) is 3.10. The molecule has 1 unspecified atom stereocenters. The molecule has 1 amide bonds. The molecule has 0 bridgehead atoms. The molecule has 0 aliphatic rings. The van der Waals surface area contributed by atoms with E-state index in [1.807, 2.05) is 0 Å². The number of sulfonamides is 1. The van der Waals surface area contributed by atoms with Gasteiger partial charge in [-0.3, -0.25) is 4.79 Å². The molecular weight excluding hydrogens is 397 g/mol. The molecule has 0 spiro atoms. The summed E-state index contributed by atoms with van der Waals surface area (Å²) < 4.78 is 52.8. The Morgan fingerprint density at radius 3 is 2.40 bits per heavy atom. The van der Waals surface area contributed by atoms with Crippen LogP contribution in [0.1, 0.15) is 6.92 Å². The highest BCUT2D eigenvalue weighted by Crippen LogP contribution is 2.25. The first-order chi connectivity index (χ1) is 11.6. The molecule has 5 nitrogen and oxygen atoms in total. The van der Waals surface area contributed by atoms with Crippen LogP contribution in [0, 0.1) is 11.6 Å². The summed E-state index contributed by atoms with van der Waals surface area (Å²) >= 11 is 11.6. The summed E-state index contributed by atoms with van der Waals surface area (Å²) in [6.07, 6.45) is 0. The molecule has 10 heteroatoms. The number of hydrogen-bond acceptors (Lipinski definition) is 3. The highest BCUT2D eigenvalue weighted by atomic mass is 35.5. The molecule has 2 aromatic rings. The van der Waals surface area contributed by atoms with Gasteiger partial charge in [0, 0.05) is 16.8 Å². The Hall–Kier alpha value is -1.74. The number of carbonyl (C=O) groups is 1. The molecule has 0 fully saturated rings. The SMILES string of the molecule is CC(NS(=O)(=O)c1cc(Cl)ccc1Cl)C(=O)Nc1ccc(F)c(F)c1. The smallest absolute Gasteiger partial charge is 0.242 e. The second-order valence-electron chi connectivity index (χ2n) is 5.04. The van der Waals surface area contributed by atoms with Crippen molar-refractivity contribution in [3.63, 3.8) is 0 Å². The standard InChI is InChI=1S/C15H12Cl2F2N2O3S/c1-8(15(22)20-10-3-5-12(18)13(19)7-10)21-25(23,24)14-6-9(16)2-4-11(14)17/h2-8,21H,1H3,(H,20,22). The van der Waals surface area contributed by atoms with Gasteiger partial charge in [0.15, 0.2) is 11.6 Å². The number of rotatable bonds is 5. The highest BCUT2D eigenvalue weighted by Gasteiger charge is 2.24. The summed E-state index contributed by atoms with van der Waals surface area (Å²) in [6.45, 7) is 1.28. The van der Waals surface area contributed by atoms with Gasteiger partial charge in [0.25, 0.3) is 0 Å². The predicted molar refractivity (Wildman–Crippen MR) is 91.2 cm³/mol. The van der Waals surface area contributed by atoms with Crippen LogP contribution in [0.15, 0.2) is 41.3 Å². The van der Waals surface area contributed by atoms with Gasteiger partial charge in [-0.1, -0.05) is 23.2 Å². The number of hydrogen-bond donors (Lipinski definition) is 2. The van der Waals surface area contributed by atoms with Crippen molar-refractivity contribution in [2.45, 2.75) is 17.9 Å². The lowest BCUT2D eigenvalue weighted by molar-refractivity contribution is -0.117. The number of nitrogens with one attached hydrogen (secondary N) is 2. The normalized spacial score (nSPS) is 12.7. The Morgan fingerprint density at radius 2 is 1.76 bits per heavy atom. The minimum Gasteiger partial charge on any atom is -0.325 e. The largest absolute Gasteiger partial charge is 0.325 e. The first-order valence-corrected chi connectivity index (χ1v) is 9.07. The number of halogens is 4. The van der Waals surface area contributed by atoms with E-state index in [1.54, 1.807) is 0 Å². The van der Waals surface area contributed by atoms with Crippen LogP contribution in [0.2, 0.25) is 10.0 Å². The second-order valence-corrected chi connectivity index (χ2v) is 7.56. The molecule has 2 aromatic carbocycles. The average molecular weight is 409 g/mol. The van der Waals surface area contributed by atoms with Crippen LogP contribution < -0.4 is 10.0 Å². The molecule has 2 N–H and O–H groups in total. The van der Waals surface area contributed by atoms with E-state index in [1.165, 1.54) is 19.1 Å². The number of benzene rings is 2. The Bertz CT molecular complexity index is 923. The van der Waals surface area contributed by atoms with Crippen molar-refractivity contribution in [3.8, 4) is 0 Å². The fraction of sp³-hybridized carbons (Fsp3) is 0.133. The molecule has 0 aliphatic carbocycles. The van der Waals surface area contributed by atoms with Crippen molar-refractivity contribution < 1.29 is 22.0 Å². The van der Waals surface area contributed by atoms with E-state index in [0.29, 0.717) is 0 Å². The quantitative estimate of drug-likeness (QED) is 0.793. The van der Waals surface area contributed by atoms with E-state index in [0.717, 1.165) is 24.3 Å². The van der Waals surface area contributed by atoms with Crippen LogP contribution in [0.25, 0.3) is 0 Å². The maximum absolute atomic E-state index is 13.1. The van der Waals surface area contributed by atoms with Crippen molar-refractivity contribution >= 4 is 44.8 Å². The Balaban J connectivity index is 2.14. The third-order valence-corrected chi connectivity index (χ3v) is 5.35. The molecule has 0 aliphatic heterocycles. The molecule has 134 valence electrons. The Kier molecular flexibility index (Phi) is 5.99. The molecule has 0 radical (unpaired) electrons. The lowest BCUT2D eigenvalue weighted by Crippen LogP contribution is -2.41. The Labute approximate surface area is 153 Å². The van der Waals surface area contributed by atoms with Crippen molar-refractivity contribution in [3.05, 3.63) is 58.1 Å². The van der Waals surface area contributed by atoms with Gasteiger partial charge in [0.1, 0.15) is 4.90 Å². The highest BCUT2D eigenvalue weighted by molar-refractivity contribution is 7.89. The lowest BCUT2D eigenvalue weighted by atomic mass is 10.2. The van der Waals surface area contributed by atoms with Crippen LogP contribution in [0.3, 0.4) is 0 Å². The fourth-order valence-corrected chi connectivity index (χ4v) is 3.82. The molecule has 0 heterocycles. The number of carbonyl (C=O) groups excluding carboxylic acids is 1. The van der Waals surface area contributed by atoms with Crippen LogP contribution in [0.4, 0.5) is 14.5 Å². The number of amides is 1. The van der Waals surface area contributed by atoms with E-state index in [4.69, 9.17) is 23.2 Å². The Morgan fingerprint density at radius 1 is 1.08 bits per heavy atom. The summed E-state index contributed by atoms with van der Waals surface area (Å²) in [7, 11) is -4.13. The number of anilines is 1. The summed E-state index contributed by atoms with van der Waals surface area (Å²) in [4.78, 5) is 11.8. The molecule has 2 rings (SSSR count). The van der Waals surface area contributed by atoms with Gasteiger partial charge < -0.3 is 5.32 Å². The van der Waals surface area contributed by atoms with Gasteiger partial charge >= 0.3 is 0 Å². The lowest BCUT2D eigenvalue weighted by Gasteiger charge is -2.15. The molecule has 25 heavy (non-hydrogen) atoms. The van der Waals surface area contributed by atoms with Gasteiger partial charge in [0.2, 0.25) is 15.9 Å². The van der Waals surface area contributed by atoms with E-state index in [9.17, 15) is 22.0 Å². The molecule has 0 saturated heterocycles. The zero-order valence-electron chi connectivity index (χ0n) is 12.7. The van der Waals surface area contributed by atoms with Crippen LogP contribution in [-0.2, 0) is 14.8 Å². The van der Waals surface area contributed by atoms with Crippen LogP contribution in [-0.4, -0.2) is 20.4 Å². The van der Waals surface area contributed by atoms with Gasteiger partial charge in [-0.25, -0.2) is 17.2 Å². The minimum atomic E-state index is -4.13. The van der Waals surface area contributed by atoms with E-state index in [2.05, 4.69) is 10.0 Å². The van der Waals surface area contributed by atoms with Gasteiger partial charge in [0.05, 0.1) is 11.1 Å². The minimum absolute atomic E-state index is 0.0178. The molecular formula is C15H12Cl2F2N2O3S. The van der Waals surface area contributed by atoms with Gasteiger partial charge in [-0.15, -0.1) is 0 Å². The van der Waals surface area contributed by atoms with Crippen molar-refractivity contribution in [1.82, 2.24) is 4.72 Å². The van der Waals surface area contributed by atoms with E-state index in [-0.39, 0.29) is 20.6 Å².